The molecule has 2 aromatic rings. The van der Waals surface area contributed by atoms with Crippen molar-refractivity contribution >= 4 is 29.8 Å². The molecule has 12 heteroatoms. The minimum Gasteiger partial charge on any atom is -0.460 e. The van der Waals surface area contributed by atoms with Crippen molar-refractivity contribution in [3.8, 4) is 0 Å². The standard InChI is InChI=1S/C49H64N2O10/c1-47(2,3)61-42(53)20-18-34(28-52)50-44(54)38(23-30-13-9-8-10-14-30)51(7)45(55)33-25-39-43(58-29-57-39)40(26-33)59-46(56)35-16-12-11-15-31(35)24-32-17-19-41-49(6,60-41)22-21-37-36(32)27-48(37,4)5/h8-16,24-25,34,36-41,43,52H,17-23,26-29H2,1-7H3,(H,50,54). The molecule has 3 aliphatic carbocycles. The summed E-state index contributed by atoms with van der Waals surface area (Å²) in [6.45, 7) is 11.9. The van der Waals surface area contributed by atoms with E-state index < -0.39 is 66.4 Å². The van der Waals surface area contributed by atoms with E-state index >= 15 is 0 Å². The van der Waals surface area contributed by atoms with Gasteiger partial charge in [-0.3, -0.25) is 14.4 Å². The van der Waals surface area contributed by atoms with Crippen LogP contribution in [0.5, 0.6) is 0 Å². The fourth-order valence-corrected chi connectivity index (χ4v) is 9.93. The number of epoxide rings is 1. The molecular weight excluding hydrogens is 777 g/mol. The molecule has 0 bridgehead atoms. The lowest BCUT2D eigenvalue weighted by atomic mass is 9.52. The molecule has 7 rings (SSSR count). The number of esters is 2. The number of benzene rings is 2. The Labute approximate surface area is 360 Å². The normalized spacial score (nSPS) is 29.4. The summed E-state index contributed by atoms with van der Waals surface area (Å²) in [4.78, 5) is 56.5. The van der Waals surface area contributed by atoms with Crippen molar-refractivity contribution in [3.05, 3.63) is 88.5 Å². The maximum Gasteiger partial charge on any atom is 0.339 e. The van der Waals surface area contributed by atoms with Crippen LogP contribution in [0.2, 0.25) is 0 Å². The van der Waals surface area contributed by atoms with Gasteiger partial charge in [0.2, 0.25) is 11.8 Å². The van der Waals surface area contributed by atoms with Crippen LogP contribution in [0.25, 0.3) is 6.08 Å². The van der Waals surface area contributed by atoms with Gasteiger partial charge in [0.05, 0.1) is 29.9 Å². The molecule has 2 aromatic carbocycles. The van der Waals surface area contributed by atoms with Gasteiger partial charge in [-0.05, 0) is 107 Å². The van der Waals surface area contributed by atoms with Crippen LogP contribution >= 0.6 is 0 Å². The zero-order chi connectivity index (χ0) is 43.7. The van der Waals surface area contributed by atoms with E-state index in [1.807, 2.05) is 48.5 Å². The molecular formula is C49H64N2O10. The first kappa shape index (κ1) is 44.7. The van der Waals surface area contributed by atoms with E-state index in [1.54, 1.807) is 40.0 Å². The van der Waals surface area contributed by atoms with Gasteiger partial charge in [0.15, 0.2) is 0 Å². The van der Waals surface area contributed by atoms with Crippen LogP contribution in [-0.4, -0.2) is 102 Å². The Morgan fingerprint density at radius 3 is 2.48 bits per heavy atom. The van der Waals surface area contributed by atoms with E-state index in [4.69, 9.17) is 23.7 Å². The molecule has 2 saturated heterocycles. The molecule has 9 atom stereocenters. The first-order chi connectivity index (χ1) is 28.9. The fourth-order valence-electron chi connectivity index (χ4n) is 9.93. The van der Waals surface area contributed by atoms with Gasteiger partial charge in [-0.2, -0.15) is 0 Å². The number of aliphatic hydroxyl groups is 1. The Bertz CT molecular complexity index is 2000. The number of nitrogens with zero attached hydrogens (tertiary/aromatic N) is 1. The summed E-state index contributed by atoms with van der Waals surface area (Å²) < 4.78 is 29.7. The zero-order valence-electron chi connectivity index (χ0n) is 36.8. The van der Waals surface area contributed by atoms with E-state index in [0.717, 1.165) is 43.2 Å². The first-order valence-electron chi connectivity index (χ1n) is 22.0. The van der Waals surface area contributed by atoms with Crippen molar-refractivity contribution in [2.75, 3.05) is 20.4 Å². The SMILES string of the molecule is CN(C(=O)C1=CC2OCOC2C(OC(=O)c2ccccc2C=C2CCC3OC3(C)CCC3C2CC3(C)C)C1)C(Cc1ccccc1)C(=O)NC(CO)CCC(=O)OC(C)(C)C. The Balaban J connectivity index is 1.07. The Morgan fingerprint density at radius 2 is 1.75 bits per heavy atom. The van der Waals surface area contributed by atoms with Gasteiger partial charge in [-0.25, -0.2) is 4.79 Å². The van der Waals surface area contributed by atoms with Gasteiger partial charge < -0.3 is 39.0 Å². The van der Waals surface area contributed by atoms with Crippen LogP contribution in [0.3, 0.4) is 0 Å². The molecule has 2 heterocycles. The third kappa shape index (κ3) is 10.5. The molecule has 2 N–H and O–H groups in total. The maximum atomic E-state index is 14.4. The topological polar surface area (TPSA) is 153 Å². The molecule has 12 nitrogen and oxygen atoms in total. The first-order valence-corrected chi connectivity index (χ1v) is 22.0. The zero-order valence-corrected chi connectivity index (χ0v) is 36.8. The summed E-state index contributed by atoms with van der Waals surface area (Å²) in [7, 11) is 1.56. The van der Waals surface area contributed by atoms with Gasteiger partial charge in [-0.15, -0.1) is 0 Å². The molecule has 0 radical (unpaired) electrons. The van der Waals surface area contributed by atoms with Crippen molar-refractivity contribution in [3.63, 3.8) is 0 Å². The molecule has 4 fully saturated rings. The second kappa shape index (κ2) is 18.2. The Morgan fingerprint density at radius 1 is 1.02 bits per heavy atom. The van der Waals surface area contributed by atoms with Crippen molar-refractivity contribution < 1.29 is 48.0 Å². The number of allylic oxidation sites excluding steroid dienone is 1. The monoisotopic (exact) mass is 840 g/mol. The summed E-state index contributed by atoms with van der Waals surface area (Å²) >= 11 is 0. The summed E-state index contributed by atoms with van der Waals surface area (Å²) in [5.41, 5.74) is 3.32. The molecule has 0 spiro atoms. The minimum atomic E-state index is -0.982. The minimum absolute atomic E-state index is 0.00481. The average molecular weight is 841 g/mol. The largest absolute Gasteiger partial charge is 0.460 e. The number of aliphatic hydroxyl groups excluding tert-OH is 1. The number of carbonyl (C=O) groups is 4. The molecule has 2 amide bonds. The molecule has 5 aliphatic rings. The number of hydrogen-bond donors (Lipinski definition) is 2. The van der Waals surface area contributed by atoms with Gasteiger partial charge in [0.1, 0.15) is 36.7 Å². The highest BCUT2D eigenvalue weighted by atomic mass is 16.7. The lowest BCUT2D eigenvalue weighted by Crippen LogP contribution is -2.53. The highest BCUT2D eigenvalue weighted by Gasteiger charge is 2.56. The predicted molar refractivity (Wildman–Crippen MR) is 229 cm³/mol. The van der Waals surface area contributed by atoms with Gasteiger partial charge >= 0.3 is 11.9 Å². The number of likely N-dealkylation sites (N-methyl/N-ethyl adjacent to an activating group) is 1. The van der Waals surface area contributed by atoms with Crippen molar-refractivity contribution in [2.45, 2.75) is 147 Å². The van der Waals surface area contributed by atoms with Crippen LogP contribution in [0, 0.1) is 17.3 Å². The van der Waals surface area contributed by atoms with E-state index in [0.29, 0.717) is 23.0 Å². The smallest absolute Gasteiger partial charge is 0.339 e. The maximum absolute atomic E-state index is 14.4. The van der Waals surface area contributed by atoms with Crippen LogP contribution in [-0.2, 0) is 44.5 Å². The van der Waals surface area contributed by atoms with Gasteiger partial charge in [0, 0.05) is 31.9 Å². The predicted octanol–water partition coefficient (Wildman–Crippen LogP) is 6.73. The molecule has 0 aromatic heterocycles. The van der Waals surface area contributed by atoms with Crippen LogP contribution in [0.15, 0.2) is 71.8 Å². The summed E-state index contributed by atoms with van der Waals surface area (Å²) in [5, 5.41) is 13.0. The number of nitrogens with one attached hydrogen (secondary N) is 1. The summed E-state index contributed by atoms with van der Waals surface area (Å²) in [5.74, 6) is -0.856. The molecule has 330 valence electrons. The molecule has 9 unspecified atom stereocenters. The Hall–Kier alpha value is -4.36. The second-order valence-corrected chi connectivity index (χ2v) is 19.6. The highest BCUT2D eigenvalue weighted by Crippen LogP contribution is 2.59. The van der Waals surface area contributed by atoms with Crippen LogP contribution < -0.4 is 5.32 Å². The molecule has 2 saturated carbocycles. The van der Waals surface area contributed by atoms with Crippen molar-refractivity contribution in [1.82, 2.24) is 10.2 Å². The number of hydrogen-bond acceptors (Lipinski definition) is 10. The van der Waals surface area contributed by atoms with Gasteiger partial charge in [-0.1, -0.05) is 74.0 Å². The number of ether oxygens (including phenoxy) is 5. The lowest BCUT2D eigenvalue weighted by Gasteiger charge is -2.53. The average Bonchev–Trinajstić information content (AvgIpc) is 3.59. The van der Waals surface area contributed by atoms with E-state index in [2.05, 4.69) is 32.2 Å². The van der Waals surface area contributed by atoms with Crippen LogP contribution in [0.1, 0.15) is 114 Å². The molecule has 61 heavy (non-hydrogen) atoms. The fraction of sp³-hybridized carbons (Fsp3) is 0.592. The van der Waals surface area contributed by atoms with Gasteiger partial charge in [0.25, 0.3) is 0 Å². The quantitative estimate of drug-likeness (QED) is 0.164. The third-order valence-electron chi connectivity index (χ3n) is 13.5. The summed E-state index contributed by atoms with van der Waals surface area (Å²) in [6, 6.07) is 15.1. The van der Waals surface area contributed by atoms with E-state index in [-0.39, 0.29) is 49.6 Å². The second-order valence-electron chi connectivity index (χ2n) is 19.6. The van der Waals surface area contributed by atoms with E-state index in [1.165, 1.54) is 10.5 Å². The Kier molecular flexibility index (Phi) is 13.3. The van der Waals surface area contributed by atoms with E-state index in [9.17, 15) is 24.3 Å². The number of rotatable bonds is 13. The summed E-state index contributed by atoms with van der Waals surface area (Å²) in [6.07, 6.45) is 7.66. The van der Waals surface area contributed by atoms with Crippen LogP contribution in [0.4, 0.5) is 0 Å². The van der Waals surface area contributed by atoms with Crippen molar-refractivity contribution in [1.29, 1.82) is 0 Å². The van der Waals surface area contributed by atoms with Crippen molar-refractivity contribution in [2.24, 2.45) is 17.3 Å². The lowest BCUT2D eigenvalue weighted by molar-refractivity contribution is -0.155. The number of fused-ring (bicyclic) bond motifs is 3. The molecule has 2 aliphatic heterocycles. The number of amides is 2. The number of carbonyl (C=O) groups excluding carboxylic acids is 4. The highest BCUT2D eigenvalue weighted by molar-refractivity contribution is 5.98. The third-order valence-corrected chi connectivity index (χ3v) is 13.5.